The molecule has 0 bridgehead atoms. The molecule has 2 aromatic carbocycles. The van der Waals surface area contributed by atoms with E-state index in [4.69, 9.17) is 14.6 Å². The third-order valence-electron chi connectivity index (χ3n) is 6.43. The van der Waals surface area contributed by atoms with E-state index in [1.54, 1.807) is 30.2 Å². The largest absolute Gasteiger partial charge is 0.481 e. The van der Waals surface area contributed by atoms with Gasteiger partial charge in [0.2, 0.25) is 5.91 Å². The molecule has 0 radical (unpaired) electrons. The first-order chi connectivity index (χ1) is 18.3. The number of aliphatic carboxylic acids is 1. The van der Waals surface area contributed by atoms with Crippen LogP contribution in [-0.2, 0) is 32.7 Å². The number of amides is 1. The molecule has 0 unspecified atom stereocenters. The van der Waals surface area contributed by atoms with Crippen molar-refractivity contribution in [2.45, 2.75) is 56.4 Å². The number of nitrogens with zero attached hydrogens (tertiary/aromatic N) is 3. The summed E-state index contributed by atoms with van der Waals surface area (Å²) >= 11 is 1.57. The van der Waals surface area contributed by atoms with Crippen LogP contribution in [0.1, 0.15) is 55.3 Å². The van der Waals surface area contributed by atoms with Crippen molar-refractivity contribution < 1.29 is 29.3 Å². The Balaban J connectivity index is 1.48. The van der Waals surface area contributed by atoms with Crippen LogP contribution in [0.4, 0.5) is 5.69 Å². The van der Waals surface area contributed by atoms with Gasteiger partial charge in [-0.2, -0.15) is 0 Å². The van der Waals surface area contributed by atoms with Crippen LogP contribution in [0.15, 0.2) is 60.0 Å². The molecular formula is C27H32N4O6S. The first kappa shape index (κ1) is 27.8. The topological polar surface area (TPSA) is 136 Å². The quantitative estimate of drug-likeness (QED) is 0.307. The smallest absolute Gasteiger partial charge is 0.303 e. The molecule has 0 aliphatic carbocycles. The summed E-state index contributed by atoms with van der Waals surface area (Å²) in [5.41, 5.74) is 3.26. The van der Waals surface area contributed by atoms with E-state index in [1.165, 1.54) is 0 Å². The van der Waals surface area contributed by atoms with Crippen molar-refractivity contribution >= 4 is 29.3 Å². The number of carbonyl (C=O) groups is 2. The Morgan fingerprint density at radius 2 is 1.76 bits per heavy atom. The highest BCUT2D eigenvalue weighted by atomic mass is 32.2. The predicted octanol–water partition coefficient (Wildman–Crippen LogP) is 4.08. The molecule has 1 amide bonds. The number of thioether (sulfide) groups is 1. The van der Waals surface area contributed by atoms with Crippen molar-refractivity contribution in [3.63, 3.8) is 0 Å². The van der Waals surface area contributed by atoms with Crippen LogP contribution in [0.25, 0.3) is 0 Å². The lowest BCUT2D eigenvalue weighted by Crippen LogP contribution is -2.38. The predicted molar refractivity (Wildman–Crippen MR) is 141 cm³/mol. The lowest BCUT2D eigenvalue weighted by atomic mass is 9.91. The fourth-order valence-corrected chi connectivity index (χ4v) is 5.27. The third kappa shape index (κ3) is 7.19. The zero-order valence-electron chi connectivity index (χ0n) is 21.3. The molecule has 1 aliphatic heterocycles. The Morgan fingerprint density at radius 3 is 2.39 bits per heavy atom. The van der Waals surface area contributed by atoms with Crippen molar-refractivity contribution in [2.75, 3.05) is 11.1 Å². The van der Waals surface area contributed by atoms with Crippen LogP contribution in [-0.4, -0.2) is 48.7 Å². The van der Waals surface area contributed by atoms with Gasteiger partial charge in [0.1, 0.15) is 6.33 Å². The summed E-state index contributed by atoms with van der Waals surface area (Å²) in [6.07, 6.45) is 1.04. The fraction of sp³-hybridized carbons (Fsp3) is 0.407. The van der Waals surface area contributed by atoms with Crippen molar-refractivity contribution in [3.05, 3.63) is 71.5 Å². The molecule has 1 fully saturated rings. The normalized spacial score (nSPS) is 21.2. The number of carbonyl (C=O) groups excluding carboxylic acids is 1. The molecule has 1 saturated heterocycles. The molecule has 0 saturated carbocycles. The standard InChI is InChI=1S/C27H32N4O6S/c1-17-22(15-38-27-30-28-16-31(27)2)36-26(37-25(17)19-8-6-18(14-32)7-9-19)20-10-12-21(13-11-20)29-23(33)4-3-5-24(34)35/h6-13,16-17,22,25-26,32H,3-5,14-15H2,1-2H3,(H,29,33)(H,34,35)/t17-,22+,25+,26+/m1/s1. The SMILES string of the molecule is C[C@@H]1[C@H](CSc2nncn2C)O[C@H](c2ccc(NC(=O)CCCC(=O)O)cc2)O[C@@H]1c1ccc(CO)cc1. The Morgan fingerprint density at radius 1 is 1.05 bits per heavy atom. The molecule has 38 heavy (non-hydrogen) atoms. The highest BCUT2D eigenvalue weighted by Gasteiger charge is 2.38. The number of benzene rings is 2. The van der Waals surface area contributed by atoms with Gasteiger partial charge in [0, 0.05) is 42.8 Å². The number of anilines is 1. The molecule has 2 heterocycles. The second-order valence-corrected chi connectivity index (χ2v) is 10.3. The van der Waals surface area contributed by atoms with Crippen LogP contribution in [0.5, 0.6) is 0 Å². The number of ether oxygens (including phenoxy) is 2. The summed E-state index contributed by atoms with van der Waals surface area (Å²) in [4.78, 5) is 22.8. The molecule has 202 valence electrons. The number of aliphatic hydroxyl groups excluding tert-OH is 1. The minimum atomic E-state index is -0.917. The van der Waals surface area contributed by atoms with Crippen LogP contribution in [0.2, 0.25) is 0 Å². The van der Waals surface area contributed by atoms with Crippen molar-refractivity contribution in [1.82, 2.24) is 14.8 Å². The summed E-state index contributed by atoms with van der Waals surface area (Å²) in [7, 11) is 1.90. The molecule has 1 aliphatic rings. The minimum absolute atomic E-state index is 0.0213. The van der Waals surface area contributed by atoms with Crippen LogP contribution in [0.3, 0.4) is 0 Å². The Hall–Kier alpha value is -3.25. The molecule has 3 N–H and O–H groups in total. The van der Waals surface area contributed by atoms with E-state index < -0.39 is 12.3 Å². The molecule has 1 aromatic heterocycles. The van der Waals surface area contributed by atoms with Crippen LogP contribution < -0.4 is 5.32 Å². The van der Waals surface area contributed by atoms with E-state index in [9.17, 15) is 14.7 Å². The van der Waals surface area contributed by atoms with Gasteiger partial charge in [0.25, 0.3) is 0 Å². The number of aliphatic hydroxyl groups is 1. The van der Waals surface area contributed by atoms with Gasteiger partial charge in [-0.15, -0.1) is 10.2 Å². The van der Waals surface area contributed by atoms with Gasteiger partial charge in [-0.1, -0.05) is 55.1 Å². The monoisotopic (exact) mass is 540 g/mol. The zero-order valence-corrected chi connectivity index (χ0v) is 22.1. The lowest BCUT2D eigenvalue weighted by molar-refractivity contribution is -0.268. The third-order valence-corrected chi connectivity index (χ3v) is 7.55. The Bertz CT molecular complexity index is 1220. The second kappa shape index (κ2) is 13.0. The first-order valence-corrected chi connectivity index (χ1v) is 13.4. The zero-order chi connectivity index (χ0) is 27.1. The fourth-order valence-electron chi connectivity index (χ4n) is 4.22. The average molecular weight is 541 g/mol. The molecule has 11 heteroatoms. The summed E-state index contributed by atoms with van der Waals surface area (Å²) < 4.78 is 14.8. The number of rotatable bonds is 11. The average Bonchev–Trinajstić information content (AvgIpc) is 3.33. The second-order valence-electron chi connectivity index (χ2n) is 9.27. The van der Waals surface area contributed by atoms with Crippen LogP contribution in [0, 0.1) is 5.92 Å². The van der Waals surface area contributed by atoms with Crippen molar-refractivity contribution in [3.8, 4) is 0 Å². The van der Waals surface area contributed by atoms with E-state index in [2.05, 4.69) is 22.4 Å². The number of aromatic nitrogens is 3. The number of hydrogen-bond acceptors (Lipinski definition) is 8. The molecule has 0 spiro atoms. The van der Waals surface area contributed by atoms with Gasteiger partial charge >= 0.3 is 5.97 Å². The van der Waals surface area contributed by atoms with Crippen LogP contribution >= 0.6 is 11.8 Å². The van der Waals surface area contributed by atoms with Gasteiger partial charge in [-0.25, -0.2) is 0 Å². The highest BCUT2D eigenvalue weighted by molar-refractivity contribution is 7.99. The molecule has 4 atom stereocenters. The number of carboxylic acids is 1. The summed E-state index contributed by atoms with van der Waals surface area (Å²) in [5.74, 6) is -0.454. The Labute approximate surface area is 225 Å². The van der Waals surface area contributed by atoms with Gasteiger partial charge in [0.15, 0.2) is 11.4 Å². The number of nitrogens with one attached hydrogen (secondary N) is 1. The van der Waals surface area contributed by atoms with E-state index >= 15 is 0 Å². The lowest BCUT2D eigenvalue weighted by Gasteiger charge is -2.41. The summed E-state index contributed by atoms with van der Waals surface area (Å²) in [5, 5.41) is 29.9. The maximum Gasteiger partial charge on any atom is 0.303 e. The van der Waals surface area contributed by atoms with Crippen molar-refractivity contribution in [1.29, 1.82) is 0 Å². The molecule has 10 nitrogen and oxygen atoms in total. The highest BCUT2D eigenvalue weighted by Crippen LogP contribution is 2.43. The van der Waals surface area contributed by atoms with E-state index in [0.29, 0.717) is 11.4 Å². The van der Waals surface area contributed by atoms with Gasteiger partial charge in [-0.05, 0) is 29.7 Å². The molecule has 4 rings (SSSR count). The molecular weight excluding hydrogens is 508 g/mol. The first-order valence-electron chi connectivity index (χ1n) is 12.4. The van der Waals surface area contributed by atoms with E-state index in [1.807, 2.05) is 48.0 Å². The number of carboxylic acid groups (broad SMARTS) is 1. The number of aryl methyl sites for hydroxylation is 1. The minimum Gasteiger partial charge on any atom is -0.481 e. The van der Waals surface area contributed by atoms with Gasteiger partial charge in [-0.3, -0.25) is 9.59 Å². The van der Waals surface area contributed by atoms with Gasteiger partial charge < -0.3 is 29.6 Å². The summed E-state index contributed by atoms with van der Waals surface area (Å²) in [6, 6.07) is 15.0. The Kier molecular flexibility index (Phi) is 9.51. The van der Waals surface area contributed by atoms with Crippen molar-refractivity contribution in [2.24, 2.45) is 13.0 Å². The van der Waals surface area contributed by atoms with E-state index in [-0.39, 0.29) is 49.9 Å². The number of hydrogen-bond donors (Lipinski definition) is 3. The summed E-state index contributed by atoms with van der Waals surface area (Å²) in [6.45, 7) is 2.08. The van der Waals surface area contributed by atoms with Gasteiger partial charge in [0.05, 0.1) is 18.8 Å². The maximum absolute atomic E-state index is 12.1. The van der Waals surface area contributed by atoms with E-state index in [0.717, 1.165) is 21.8 Å². The molecule has 3 aromatic rings. The maximum atomic E-state index is 12.1.